The van der Waals surface area contributed by atoms with Gasteiger partial charge in [0.25, 0.3) is 10.0 Å². The van der Waals surface area contributed by atoms with E-state index >= 15 is 0 Å². The third kappa shape index (κ3) is 4.07. The molecule has 0 spiro atoms. The largest absolute Gasteiger partial charge is 0.280 e. The highest BCUT2D eigenvalue weighted by Crippen LogP contribution is 2.20. The predicted octanol–water partition coefficient (Wildman–Crippen LogP) is 4.28. The van der Waals surface area contributed by atoms with Gasteiger partial charge < -0.3 is 0 Å². The Kier molecular flexibility index (Phi) is 5.19. The van der Waals surface area contributed by atoms with Crippen LogP contribution in [0.15, 0.2) is 47.4 Å². The van der Waals surface area contributed by atoms with Gasteiger partial charge in [-0.25, -0.2) is 12.8 Å². The number of nitrogens with one attached hydrogen (secondary N) is 1. The highest BCUT2D eigenvalue weighted by molar-refractivity contribution is 7.92. The molecule has 1 N–H and O–H groups in total. The molecule has 0 amide bonds. The molecule has 0 aliphatic heterocycles. The Labute approximate surface area is 131 Å². The summed E-state index contributed by atoms with van der Waals surface area (Å²) >= 11 is 0. The van der Waals surface area contributed by atoms with Gasteiger partial charge in [0.05, 0.1) is 4.90 Å². The second-order valence-corrected chi connectivity index (χ2v) is 6.97. The smallest absolute Gasteiger partial charge is 0.262 e. The van der Waals surface area contributed by atoms with Crippen LogP contribution >= 0.6 is 0 Å². The molecule has 2 rings (SSSR count). The molecule has 22 heavy (non-hydrogen) atoms. The van der Waals surface area contributed by atoms with Gasteiger partial charge in [-0.1, -0.05) is 25.5 Å². The maximum absolute atomic E-state index is 13.1. The molecule has 0 aromatic heterocycles. The Balaban J connectivity index is 2.18. The number of hydrogen-bond donors (Lipinski definition) is 1. The van der Waals surface area contributed by atoms with Crippen LogP contribution in [0.2, 0.25) is 0 Å². The van der Waals surface area contributed by atoms with Crippen LogP contribution < -0.4 is 4.72 Å². The second kappa shape index (κ2) is 6.92. The fourth-order valence-corrected chi connectivity index (χ4v) is 3.53. The Hall–Kier alpha value is -1.88. The average Bonchev–Trinajstić information content (AvgIpc) is 2.45. The van der Waals surface area contributed by atoms with E-state index in [0.29, 0.717) is 11.3 Å². The van der Waals surface area contributed by atoms with E-state index in [2.05, 4.69) is 11.6 Å². The summed E-state index contributed by atoms with van der Waals surface area (Å²) in [4.78, 5) is 0.0870. The molecule has 2 aromatic carbocycles. The number of sulfonamides is 1. The normalized spacial score (nSPS) is 11.4. The molecular weight excluding hydrogens is 301 g/mol. The molecule has 0 bridgehead atoms. The summed E-state index contributed by atoms with van der Waals surface area (Å²) in [5.74, 6) is -0.447. The van der Waals surface area contributed by atoms with E-state index in [4.69, 9.17) is 0 Å². The van der Waals surface area contributed by atoms with E-state index in [9.17, 15) is 12.8 Å². The summed E-state index contributed by atoms with van der Waals surface area (Å²) in [5.41, 5.74) is 2.07. The van der Waals surface area contributed by atoms with Crippen LogP contribution in [0, 0.1) is 12.7 Å². The summed E-state index contributed by atoms with van der Waals surface area (Å²) in [6, 6.07) is 11.0. The van der Waals surface area contributed by atoms with Crippen molar-refractivity contribution in [2.24, 2.45) is 0 Å². The third-order valence-corrected chi connectivity index (χ3v) is 4.99. The quantitative estimate of drug-likeness (QED) is 0.863. The van der Waals surface area contributed by atoms with Crippen LogP contribution in [0.1, 0.15) is 30.9 Å². The minimum Gasteiger partial charge on any atom is -0.280 e. The van der Waals surface area contributed by atoms with Crippen molar-refractivity contribution in [3.05, 3.63) is 59.4 Å². The first kappa shape index (κ1) is 16.5. The van der Waals surface area contributed by atoms with Gasteiger partial charge in [0, 0.05) is 5.69 Å². The lowest BCUT2D eigenvalue weighted by Gasteiger charge is -2.11. The molecule has 0 unspecified atom stereocenters. The lowest BCUT2D eigenvalue weighted by Crippen LogP contribution is -2.14. The molecule has 0 saturated carbocycles. The van der Waals surface area contributed by atoms with Crippen molar-refractivity contribution in [1.29, 1.82) is 0 Å². The number of halogens is 1. The molecule has 0 heterocycles. The monoisotopic (exact) mass is 321 g/mol. The Bertz CT molecular complexity index is 740. The average molecular weight is 321 g/mol. The highest BCUT2D eigenvalue weighted by Gasteiger charge is 2.17. The van der Waals surface area contributed by atoms with Gasteiger partial charge in [-0.05, 0) is 61.2 Å². The van der Waals surface area contributed by atoms with Crippen molar-refractivity contribution >= 4 is 15.7 Å². The summed E-state index contributed by atoms with van der Waals surface area (Å²) in [5, 5.41) is 0. The molecule has 0 atom stereocenters. The van der Waals surface area contributed by atoms with E-state index in [-0.39, 0.29) is 4.90 Å². The minimum absolute atomic E-state index is 0.0870. The Morgan fingerprint density at radius 2 is 1.77 bits per heavy atom. The van der Waals surface area contributed by atoms with Gasteiger partial charge in [0.1, 0.15) is 5.82 Å². The second-order valence-electron chi connectivity index (χ2n) is 5.32. The van der Waals surface area contributed by atoms with Crippen LogP contribution in [-0.2, 0) is 16.4 Å². The number of hydrogen-bond acceptors (Lipinski definition) is 2. The van der Waals surface area contributed by atoms with Crippen molar-refractivity contribution in [2.75, 3.05) is 4.72 Å². The lowest BCUT2D eigenvalue weighted by atomic mass is 10.1. The van der Waals surface area contributed by atoms with Gasteiger partial charge in [-0.2, -0.15) is 0 Å². The van der Waals surface area contributed by atoms with Crippen LogP contribution in [0.5, 0.6) is 0 Å². The summed E-state index contributed by atoms with van der Waals surface area (Å²) in [6.45, 7) is 3.71. The Morgan fingerprint density at radius 1 is 1.09 bits per heavy atom. The molecule has 0 fully saturated rings. The van der Waals surface area contributed by atoms with Crippen molar-refractivity contribution in [1.82, 2.24) is 0 Å². The first-order valence-electron chi connectivity index (χ1n) is 7.30. The molecular formula is C17H20FNO2S. The Morgan fingerprint density at radius 3 is 2.36 bits per heavy atom. The van der Waals surface area contributed by atoms with Gasteiger partial charge in [0.2, 0.25) is 0 Å². The first-order valence-corrected chi connectivity index (χ1v) is 8.78. The molecule has 0 aliphatic carbocycles. The third-order valence-electron chi connectivity index (χ3n) is 3.45. The number of rotatable bonds is 6. The maximum atomic E-state index is 13.1. The van der Waals surface area contributed by atoms with Gasteiger partial charge in [-0.15, -0.1) is 0 Å². The van der Waals surface area contributed by atoms with Crippen LogP contribution in [-0.4, -0.2) is 8.42 Å². The van der Waals surface area contributed by atoms with Crippen molar-refractivity contribution < 1.29 is 12.8 Å². The molecule has 3 nitrogen and oxygen atoms in total. The molecule has 0 saturated heterocycles. The zero-order valence-electron chi connectivity index (χ0n) is 12.8. The number of anilines is 1. The molecule has 0 aliphatic rings. The molecule has 118 valence electrons. The summed E-state index contributed by atoms with van der Waals surface area (Å²) in [7, 11) is -3.71. The number of aryl methyl sites for hydroxylation is 2. The zero-order chi connectivity index (χ0) is 16.2. The van der Waals surface area contributed by atoms with Gasteiger partial charge >= 0.3 is 0 Å². The van der Waals surface area contributed by atoms with E-state index in [1.54, 1.807) is 19.1 Å². The van der Waals surface area contributed by atoms with Crippen molar-refractivity contribution in [3.8, 4) is 0 Å². The minimum atomic E-state index is -3.71. The van der Waals surface area contributed by atoms with E-state index in [0.717, 1.165) is 25.3 Å². The lowest BCUT2D eigenvalue weighted by molar-refractivity contribution is 0.598. The molecule has 0 radical (unpaired) electrons. The van der Waals surface area contributed by atoms with E-state index in [1.807, 2.05) is 12.1 Å². The SMILES string of the molecule is CCCCc1ccc(NS(=O)(=O)c2ccc(F)cc2C)cc1. The molecule has 2 aromatic rings. The topological polar surface area (TPSA) is 46.2 Å². The fourth-order valence-electron chi connectivity index (χ4n) is 2.24. The standard InChI is InChI=1S/C17H20FNO2S/c1-3-4-5-14-6-9-16(10-7-14)19-22(20,21)17-11-8-15(18)12-13(17)2/h6-12,19H,3-5H2,1-2H3. The predicted molar refractivity (Wildman–Crippen MR) is 87.0 cm³/mol. The highest BCUT2D eigenvalue weighted by atomic mass is 32.2. The van der Waals surface area contributed by atoms with E-state index in [1.165, 1.54) is 17.7 Å². The number of benzene rings is 2. The number of unbranched alkanes of at least 4 members (excludes halogenated alkanes) is 1. The molecule has 5 heteroatoms. The van der Waals surface area contributed by atoms with Crippen molar-refractivity contribution in [3.63, 3.8) is 0 Å². The van der Waals surface area contributed by atoms with Gasteiger partial charge in [-0.3, -0.25) is 4.72 Å². The summed E-state index contributed by atoms with van der Waals surface area (Å²) in [6.07, 6.45) is 3.22. The van der Waals surface area contributed by atoms with Crippen molar-refractivity contribution in [2.45, 2.75) is 38.0 Å². The van der Waals surface area contributed by atoms with E-state index < -0.39 is 15.8 Å². The van der Waals surface area contributed by atoms with Crippen LogP contribution in [0.25, 0.3) is 0 Å². The zero-order valence-corrected chi connectivity index (χ0v) is 13.6. The van der Waals surface area contributed by atoms with Crippen LogP contribution in [0.4, 0.5) is 10.1 Å². The first-order chi connectivity index (χ1) is 10.4. The summed E-state index contributed by atoms with van der Waals surface area (Å²) < 4.78 is 40.3. The maximum Gasteiger partial charge on any atom is 0.262 e. The van der Waals surface area contributed by atoms with Gasteiger partial charge in [0.15, 0.2) is 0 Å². The fraction of sp³-hybridized carbons (Fsp3) is 0.294. The van der Waals surface area contributed by atoms with Crippen LogP contribution in [0.3, 0.4) is 0 Å².